The predicted molar refractivity (Wildman–Crippen MR) is 142 cm³/mol. The first-order valence-electron chi connectivity index (χ1n) is 10.7. The monoisotopic (exact) mass is 583 g/mol. The van der Waals surface area contributed by atoms with E-state index >= 15 is 0 Å². The van der Waals surface area contributed by atoms with Crippen LogP contribution in [0.1, 0.15) is 29.4 Å². The minimum absolute atomic E-state index is 0.237. The highest BCUT2D eigenvalue weighted by atomic mass is 79.9. The van der Waals surface area contributed by atoms with E-state index in [2.05, 4.69) is 61.0 Å². The van der Waals surface area contributed by atoms with Gasteiger partial charge in [0.15, 0.2) is 11.5 Å². The molecule has 0 saturated heterocycles. The first-order chi connectivity index (χ1) is 16.4. The molecule has 34 heavy (non-hydrogen) atoms. The highest BCUT2D eigenvalue weighted by molar-refractivity contribution is 9.10. The zero-order chi connectivity index (χ0) is 24.2. The number of ether oxygens (including phenoxy) is 2. The molecule has 0 radical (unpaired) electrons. The molecule has 1 heterocycles. The van der Waals surface area contributed by atoms with Gasteiger partial charge in [-0.15, -0.1) is 0 Å². The lowest BCUT2D eigenvalue weighted by Gasteiger charge is -2.14. The molecule has 0 aliphatic rings. The molecule has 0 bridgehead atoms. The maximum atomic E-state index is 13.0. The van der Waals surface area contributed by atoms with Crippen LogP contribution in [-0.4, -0.2) is 22.5 Å². The Hall–Kier alpha value is -2.97. The second kappa shape index (κ2) is 10.5. The number of halogens is 2. The number of rotatable bonds is 7. The SMILES string of the molecule is CCOc1cc(C=Nn2c(C)nc3ccc(Br)cc3c2=O)c(Br)cc1OCc1ccc(C)cc1. The van der Waals surface area contributed by atoms with Crippen molar-refractivity contribution in [2.24, 2.45) is 5.10 Å². The quantitative estimate of drug-likeness (QED) is 0.236. The molecule has 1 aromatic heterocycles. The van der Waals surface area contributed by atoms with Crippen LogP contribution in [0, 0.1) is 13.8 Å². The molecular weight excluding hydrogens is 562 g/mol. The van der Waals surface area contributed by atoms with E-state index in [4.69, 9.17) is 9.47 Å². The zero-order valence-electron chi connectivity index (χ0n) is 19.0. The fraction of sp³-hybridized carbons (Fsp3) is 0.192. The topological polar surface area (TPSA) is 65.7 Å². The molecule has 0 aliphatic heterocycles. The van der Waals surface area contributed by atoms with Crippen LogP contribution in [0.2, 0.25) is 0 Å². The highest BCUT2D eigenvalue weighted by Crippen LogP contribution is 2.34. The van der Waals surface area contributed by atoms with E-state index in [0.717, 1.165) is 20.1 Å². The second-order valence-electron chi connectivity index (χ2n) is 7.71. The van der Waals surface area contributed by atoms with Gasteiger partial charge in [0.05, 0.1) is 23.7 Å². The van der Waals surface area contributed by atoms with Gasteiger partial charge < -0.3 is 9.47 Å². The van der Waals surface area contributed by atoms with Crippen LogP contribution in [0.5, 0.6) is 11.5 Å². The first kappa shape index (κ1) is 24.2. The van der Waals surface area contributed by atoms with E-state index in [1.807, 2.05) is 43.3 Å². The lowest BCUT2D eigenvalue weighted by Crippen LogP contribution is -2.20. The van der Waals surface area contributed by atoms with Gasteiger partial charge in [-0.1, -0.05) is 45.8 Å². The summed E-state index contributed by atoms with van der Waals surface area (Å²) in [7, 11) is 0. The molecule has 0 fully saturated rings. The molecule has 0 amide bonds. The lowest BCUT2D eigenvalue weighted by atomic mass is 10.1. The Balaban J connectivity index is 1.65. The van der Waals surface area contributed by atoms with Gasteiger partial charge >= 0.3 is 0 Å². The van der Waals surface area contributed by atoms with Gasteiger partial charge in [0.25, 0.3) is 5.56 Å². The molecule has 0 N–H and O–H groups in total. The van der Waals surface area contributed by atoms with Crippen molar-refractivity contribution in [2.75, 3.05) is 6.61 Å². The van der Waals surface area contributed by atoms with E-state index < -0.39 is 0 Å². The summed E-state index contributed by atoms with van der Waals surface area (Å²) in [5.74, 6) is 1.72. The Morgan fingerprint density at radius 2 is 1.74 bits per heavy atom. The van der Waals surface area contributed by atoms with E-state index in [0.29, 0.717) is 41.4 Å². The molecule has 4 rings (SSSR count). The number of aryl methyl sites for hydroxylation is 2. The van der Waals surface area contributed by atoms with Crippen molar-refractivity contribution in [2.45, 2.75) is 27.4 Å². The molecule has 0 unspecified atom stereocenters. The molecule has 0 aliphatic carbocycles. The zero-order valence-corrected chi connectivity index (χ0v) is 22.2. The van der Waals surface area contributed by atoms with Crippen molar-refractivity contribution in [3.8, 4) is 11.5 Å². The van der Waals surface area contributed by atoms with Crippen molar-refractivity contribution in [1.82, 2.24) is 9.66 Å². The van der Waals surface area contributed by atoms with Gasteiger partial charge in [-0.3, -0.25) is 4.79 Å². The average Bonchev–Trinajstić information content (AvgIpc) is 2.81. The minimum Gasteiger partial charge on any atom is -0.490 e. The Bertz CT molecular complexity index is 1430. The van der Waals surface area contributed by atoms with Crippen molar-refractivity contribution in [1.29, 1.82) is 0 Å². The number of fused-ring (bicyclic) bond motifs is 1. The third-order valence-corrected chi connectivity index (χ3v) is 6.34. The Morgan fingerprint density at radius 1 is 1.00 bits per heavy atom. The molecule has 8 heteroatoms. The largest absolute Gasteiger partial charge is 0.490 e. The molecule has 3 aromatic carbocycles. The van der Waals surface area contributed by atoms with Crippen LogP contribution in [0.15, 0.2) is 73.4 Å². The standard InChI is InChI=1S/C26H23Br2N3O3/c1-4-33-24-11-19(22(28)13-25(24)34-15-18-7-5-16(2)6-8-18)14-29-31-17(3)30-23-10-9-20(27)12-21(23)26(31)32/h5-14H,4,15H2,1-3H3. The summed E-state index contributed by atoms with van der Waals surface area (Å²) in [6, 6.07) is 17.3. The van der Waals surface area contributed by atoms with Crippen LogP contribution in [0.4, 0.5) is 0 Å². The van der Waals surface area contributed by atoms with E-state index in [1.165, 1.54) is 10.2 Å². The third kappa shape index (κ3) is 5.39. The van der Waals surface area contributed by atoms with Gasteiger partial charge in [-0.05, 0) is 72.6 Å². The van der Waals surface area contributed by atoms with Crippen molar-refractivity contribution in [3.05, 3.63) is 96.4 Å². The number of aromatic nitrogens is 2. The molecule has 0 saturated carbocycles. The molecule has 174 valence electrons. The lowest BCUT2D eigenvalue weighted by molar-refractivity contribution is 0.269. The molecular formula is C26H23Br2N3O3. The fourth-order valence-corrected chi connectivity index (χ4v) is 4.18. The third-order valence-electron chi connectivity index (χ3n) is 5.16. The van der Waals surface area contributed by atoms with E-state index in [-0.39, 0.29) is 5.56 Å². The first-order valence-corrected chi connectivity index (χ1v) is 12.3. The summed E-state index contributed by atoms with van der Waals surface area (Å²) in [6.07, 6.45) is 1.61. The highest BCUT2D eigenvalue weighted by Gasteiger charge is 2.12. The number of hydrogen-bond acceptors (Lipinski definition) is 5. The van der Waals surface area contributed by atoms with Crippen molar-refractivity contribution >= 4 is 49.0 Å². The van der Waals surface area contributed by atoms with Crippen molar-refractivity contribution in [3.63, 3.8) is 0 Å². The van der Waals surface area contributed by atoms with Gasteiger partial charge in [0.2, 0.25) is 0 Å². The molecule has 0 atom stereocenters. The van der Waals surface area contributed by atoms with E-state index in [1.54, 1.807) is 19.2 Å². The smallest absolute Gasteiger partial charge is 0.282 e. The van der Waals surface area contributed by atoms with E-state index in [9.17, 15) is 4.79 Å². The second-order valence-corrected chi connectivity index (χ2v) is 9.48. The van der Waals surface area contributed by atoms with Gasteiger partial charge in [0.1, 0.15) is 12.4 Å². The van der Waals surface area contributed by atoms with Crippen LogP contribution < -0.4 is 15.0 Å². The normalized spacial score (nSPS) is 11.3. The summed E-state index contributed by atoms with van der Waals surface area (Å²) in [5.41, 5.74) is 3.41. The summed E-state index contributed by atoms with van der Waals surface area (Å²) in [6.45, 7) is 6.64. The van der Waals surface area contributed by atoms with Crippen LogP contribution in [-0.2, 0) is 6.61 Å². The van der Waals surface area contributed by atoms with Gasteiger partial charge in [0, 0.05) is 14.5 Å². The maximum absolute atomic E-state index is 13.0. The van der Waals surface area contributed by atoms with Gasteiger partial charge in [-0.25, -0.2) is 4.98 Å². The van der Waals surface area contributed by atoms with Gasteiger partial charge in [-0.2, -0.15) is 9.78 Å². The Morgan fingerprint density at radius 3 is 2.47 bits per heavy atom. The Labute approximate surface area is 214 Å². The van der Waals surface area contributed by atoms with Crippen LogP contribution in [0.25, 0.3) is 10.9 Å². The van der Waals surface area contributed by atoms with Crippen LogP contribution >= 0.6 is 31.9 Å². The summed E-state index contributed by atoms with van der Waals surface area (Å²) < 4.78 is 14.7. The number of hydrogen-bond donors (Lipinski definition) is 0. The number of benzene rings is 3. The van der Waals surface area contributed by atoms with Crippen LogP contribution in [0.3, 0.4) is 0 Å². The maximum Gasteiger partial charge on any atom is 0.282 e. The average molecular weight is 585 g/mol. The summed E-state index contributed by atoms with van der Waals surface area (Å²) in [5, 5.41) is 4.92. The number of nitrogens with zero attached hydrogens (tertiary/aromatic N) is 3. The fourth-order valence-electron chi connectivity index (χ4n) is 3.39. The molecule has 0 spiro atoms. The minimum atomic E-state index is -0.237. The molecule has 6 nitrogen and oxygen atoms in total. The summed E-state index contributed by atoms with van der Waals surface area (Å²) in [4.78, 5) is 17.5. The Kier molecular flexibility index (Phi) is 7.48. The molecule has 4 aromatic rings. The predicted octanol–water partition coefficient (Wildman–Crippen LogP) is 6.40. The summed E-state index contributed by atoms with van der Waals surface area (Å²) >= 11 is 7.00. The van der Waals surface area contributed by atoms with Crippen molar-refractivity contribution < 1.29 is 9.47 Å².